The third-order valence-corrected chi connectivity index (χ3v) is 3.33. The summed E-state index contributed by atoms with van der Waals surface area (Å²) in [7, 11) is 0. The van der Waals surface area contributed by atoms with Crippen molar-refractivity contribution in [2.75, 3.05) is 13.2 Å². The molecule has 0 aliphatic rings. The molecule has 0 radical (unpaired) electrons. The first kappa shape index (κ1) is 16.4. The normalized spacial score (nSPS) is 12.2. The number of benzene rings is 2. The highest BCUT2D eigenvalue weighted by atomic mass is 19.1. The van der Waals surface area contributed by atoms with Gasteiger partial charge in [0.15, 0.2) is 17.4 Å². The lowest BCUT2D eigenvalue weighted by atomic mass is 10.0. The molecule has 118 valence electrons. The van der Waals surface area contributed by atoms with E-state index in [1.807, 2.05) is 6.92 Å². The van der Waals surface area contributed by atoms with Crippen molar-refractivity contribution in [3.05, 3.63) is 59.7 Å². The fraction of sp³-hybridized carbons (Fsp3) is 0.294. The topological polar surface area (TPSA) is 41.5 Å². The van der Waals surface area contributed by atoms with Crippen LogP contribution in [0.1, 0.15) is 24.9 Å². The molecule has 0 amide bonds. The van der Waals surface area contributed by atoms with E-state index in [0.717, 1.165) is 0 Å². The van der Waals surface area contributed by atoms with Gasteiger partial charge in [-0.2, -0.15) is 0 Å². The minimum absolute atomic E-state index is 0.0489. The molecule has 0 saturated carbocycles. The standard InChI is InChI=1S/C17H19F2NO2/c1-2-15(20-10-11-21)13-8-9-14(18)17(16(13)19)22-12-6-4-3-5-7-12/h3-9,15,20-21H,2,10-11H2,1H3/t15-/m0/s1. The van der Waals surface area contributed by atoms with Crippen molar-refractivity contribution in [2.45, 2.75) is 19.4 Å². The molecule has 3 nitrogen and oxygen atoms in total. The molecule has 2 N–H and O–H groups in total. The van der Waals surface area contributed by atoms with E-state index in [9.17, 15) is 8.78 Å². The second kappa shape index (κ2) is 7.87. The Labute approximate surface area is 128 Å². The number of rotatable bonds is 7. The summed E-state index contributed by atoms with van der Waals surface area (Å²) in [5, 5.41) is 11.9. The molecule has 0 aromatic heterocycles. The molecule has 2 aromatic carbocycles. The molecule has 0 heterocycles. The van der Waals surface area contributed by atoms with Gasteiger partial charge in [0, 0.05) is 18.2 Å². The first-order valence-corrected chi connectivity index (χ1v) is 7.22. The Morgan fingerprint density at radius 1 is 1.14 bits per heavy atom. The summed E-state index contributed by atoms with van der Waals surface area (Å²) in [6.45, 7) is 2.17. The fourth-order valence-corrected chi connectivity index (χ4v) is 2.23. The molecule has 5 heteroatoms. The molecule has 0 fully saturated rings. The van der Waals surface area contributed by atoms with Crippen LogP contribution in [0.5, 0.6) is 11.5 Å². The number of nitrogens with one attached hydrogen (secondary N) is 1. The predicted molar refractivity (Wildman–Crippen MR) is 81.0 cm³/mol. The second-order valence-electron chi connectivity index (χ2n) is 4.83. The molecular formula is C17H19F2NO2. The van der Waals surface area contributed by atoms with Crippen LogP contribution in [0.2, 0.25) is 0 Å². The molecule has 22 heavy (non-hydrogen) atoms. The number of ether oxygens (including phenoxy) is 1. The highest BCUT2D eigenvalue weighted by Crippen LogP contribution is 2.32. The summed E-state index contributed by atoms with van der Waals surface area (Å²) in [5.74, 6) is -1.51. The molecule has 0 aliphatic carbocycles. The molecule has 1 atom stereocenters. The van der Waals surface area contributed by atoms with E-state index in [1.54, 1.807) is 30.3 Å². The van der Waals surface area contributed by atoms with E-state index in [-0.39, 0.29) is 12.6 Å². The summed E-state index contributed by atoms with van der Waals surface area (Å²) in [4.78, 5) is 0. The zero-order valence-electron chi connectivity index (χ0n) is 12.4. The number of para-hydroxylation sites is 1. The molecule has 0 aliphatic heterocycles. The monoisotopic (exact) mass is 307 g/mol. The lowest BCUT2D eigenvalue weighted by Gasteiger charge is -2.19. The minimum Gasteiger partial charge on any atom is -0.451 e. The van der Waals surface area contributed by atoms with Gasteiger partial charge in [-0.1, -0.05) is 31.2 Å². The summed E-state index contributed by atoms with van der Waals surface area (Å²) in [6.07, 6.45) is 0.604. The van der Waals surface area contributed by atoms with Crippen LogP contribution >= 0.6 is 0 Å². The van der Waals surface area contributed by atoms with Gasteiger partial charge in [0.1, 0.15) is 5.75 Å². The summed E-state index contributed by atoms with van der Waals surface area (Å²) in [5.41, 5.74) is 0.322. The molecule has 2 rings (SSSR count). The number of aliphatic hydroxyl groups excluding tert-OH is 1. The third-order valence-electron chi connectivity index (χ3n) is 3.33. The van der Waals surface area contributed by atoms with Crippen molar-refractivity contribution in [1.82, 2.24) is 5.32 Å². The Bertz CT molecular complexity index is 605. The quantitative estimate of drug-likeness (QED) is 0.818. The van der Waals surface area contributed by atoms with Crippen molar-refractivity contribution in [2.24, 2.45) is 0 Å². The van der Waals surface area contributed by atoms with E-state index >= 15 is 0 Å². The summed E-state index contributed by atoms with van der Waals surface area (Å²) >= 11 is 0. The van der Waals surface area contributed by atoms with Gasteiger partial charge in [0.2, 0.25) is 0 Å². The van der Waals surface area contributed by atoms with Crippen LogP contribution in [0.25, 0.3) is 0 Å². The SMILES string of the molecule is CC[C@H](NCCO)c1ccc(F)c(Oc2ccccc2)c1F. The first-order chi connectivity index (χ1) is 10.7. The number of halogens is 2. The maximum atomic E-state index is 14.6. The first-order valence-electron chi connectivity index (χ1n) is 7.22. The molecule has 0 bridgehead atoms. The Morgan fingerprint density at radius 2 is 1.86 bits per heavy atom. The highest BCUT2D eigenvalue weighted by molar-refractivity contribution is 5.38. The van der Waals surface area contributed by atoms with Gasteiger partial charge in [0.25, 0.3) is 0 Å². The van der Waals surface area contributed by atoms with Gasteiger partial charge >= 0.3 is 0 Å². The number of hydrogen-bond acceptors (Lipinski definition) is 3. The summed E-state index contributed by atoms with van der Waals surface area (Å²) < 4.78 is 33.9. The molecule has 2 aromatic rings. The zero-order valence-corrected chi connectivity index (χ0v) is 12.4. The van der Waals surface area contributed by atoms with Gasteiger partial charge in [0.05, 0.1) is 6.61 Å². The second-order valence-corrected chi connectivity index (χ2v) is 4.83. The summed E-state index contributed by atoms with van der Waals surface area (Å²) in [6, 6.07) is 10.8. The van der Waals surface area contributed by atoms with E-state index < -0.39 is 17.4 Å². The van der Waals surface area contributed by atoms with Crippen molar-refractivity contribution in [3.63, 3.8) is 0 Å². The Kier molecular flexibility index (Phi) is 5.86. The van der Waals surface area contributed by atoms with Gasteiger partial charge in [-0.15, -0.1) is 0 Å². The zero-order chi connectivity index (χ0) is 15.9. The van der Waals surface area contributed by atoms with Gasteiger partial charge < -0.3 is 15.2 Å². The molecule has 0 spiro atoms. The van der Waals surface area contributed by atoms with Gasteiger partial charge in [-0.25, -0.2) is 8.78 Å². The van der Waals surface area contributed by atoms with Crippen molar-refractivity contribution < 1.29 is 18.6 Å². The van der Waals surface area contributed by atoms with Crippen LogP contribution in [0, 0.1) is 11.6 Å². The lowest BCUT2D eigenvalue weighted by molar-refractivity contribution is 0.282. The van der Waals surface area contributed by atoms with Crippen LogP contribution < -0.4 is 10.1 Å². The number of hydrogen-bond donors (Lipinski definition) is 2. The average molecular weight is 307 g/mol. The van der Waals surface area contributed by atoms with Crippen molar-refractivity contribution in [3.8, 4) is 11.5 Å². The molecular weight excluding hydrogens is 288 g/mol. The van der Waals surface area contributed by atoms with E-state index in [0.29, 0.717) is 24.3 Å². The van der Waals surface area contributed by atoms with Crippen LogP contribution in [-0.4, -0.2) is 18.3 Å². The highest BCUT2D eigenvalue weighted by Gasteiger charge is 2.20. The van der Waals surface area contributed by atoms with Crippen LogP contribution in [0.15, 0.2) is 42.5 Å². The van der Waals surface area contributed by atoms with Gasteiger partial charge in [-0.05, 0) is 24.6 Å². The van der Waals surface area contributed by atoms with Crippen molar-refractivity contribution >= 4 is 0 Å². The maximum absolute atomic E-state index is 14.6. The molecule has 0 saturated heterocycles. The van der Waals surface area contributed by atoms with Crippen LogP contribution in [0.3, 0.4) is 0 Å². The minimum atomic E-state index is -0.748. The number of aliphatic hydroxyl groups is 1. The lowest BCUT2D eigenvalue weighted by Crippen LogP contribution is -2.25. The smallest absolute Gasteiger partial charge is 0.198 e. The van der Waals surface area contributed by atoms with Gasteiger partial charge in [-0.3, -0.25) is 0 Å². The van der Waals surface area contributed by atoms with Crippen LogP contribution in [-0.2, 0) is 0 Å². The Hall–Kier alpha value is -1.98. The fourth-order valence-electron chi connectivity index (χ4n) is 2.23. The Morgan fingerprint density at radius 3 is 2.50 bits per heavy atom. The van der Waals surface area contributed by atoms with Crippen LogP contribution in [0.4, 0.5) is 8.78 Å². The van der Waals surface area contributed by atoms with E-state index in [2.05, 4.69) is 5.32 Å². The van der Waals surface area contributed by atoms with Crippen molar-refractivity contribution in [1.29, 1.82) is 0 Å². The van der Waals surface area contributed by atoms with E-state index in [4.69, 9.17) is 9.84 Å². The molecule has 0 unspecified atom stereocenters. The third kappa shape index (κ3) is 3.81. The Balaban J connectivity index is 2.32. The average Bonchev–Trinajstić information content (AvgIpc) is 2.54. The van der Waals surface area contributed by atoms with E-state index in [1.165, 1.54) is 12.1 Å². The maximum Gasteiger partial charge on any atom is 0.198 e. The largest absolute Gasteiger partial charge is 0.451 e. The predicted octanol–water partition coefficient (Wildman–Crippen LogP) is 3.79.